The van der Waals surface area contributed by atoms with Gasteiger partial charge in [-0.2, -0.15) is 5.26 Å². The molecule has 2 aromatic carbocycles. The summed E-state index contributed by atoms with van der Waals surface area (Å²) in [6.45, 7) is 17.2. The van der Waals surface area contributed by atoms with E-state index in [0.29, 0.717) is 11.1 Å². The van der Waals surface area contributed by atoms with Crippen LogP contribution in [0.4, 0.5) is 0 Å². The number of carbonyl (C=O) groups excluding carboxylic acids is 1. The molecular weight excluding hydrogens is 394 g/mol. The van der Waals surface area contributed by atoms with Gasteiger partial charge < -0.3 is 5.11 Å². The highest BCUT2D eigenvalue weighted by Gasteiger charge is 2.10. The molecule has 0 aliphatic carbocycles. The van der Waals surface area contributed by atoms with Gasteiger partial charge in [-0.3, -0.25) is 4.79 Å². The topological polar surface area (TPSA) is 61.1 Å². The fourth-order valence-corrected chi connectivity index (χ4v) is 2.96. The van der Waals surface area contributed by atoms with Gasteiger partial charge in [0.1, 0.15) is 5.76 Å². The molecule has 2 aromatic rings. The van der Waals surface area contributed by atoms with Gasteiger partial charge in [-0.05, 0) is 79.7 Å². The Labute approximate surface area is 194 Å². The summed E-state index contributed by atoms with van der Waals surface area (Å²) < 4.78 is 0. The second-order valence-electron chi connectivity index (χ2n) is 6.93. The number of aliphatic hydroxyl groups excluding tert-OH is 1. The lowest BCUT2D eigenvalue weighted by Crippen LogP contribution is -2.00. The van der Waals surface area contributed by atoms with Crippen LogP contribution in [0.5, 0.6) is 0 Å². The van der Waals surface area contributed by atoms with E-state index < -0.39 is 0 Å². The predicted molar refractivity (Wildman–Crippen MR) is 137 cm³/mol. The fourth-order valence-electron chi connectivity index (χ4n) is 2.96. The maximum absolute atomic E-state index is 11.5. The summed E-state index contributed by atoms with van der Waals surface area (Å²) in [5, 5.41) is 18.7. The lowest BCUT2D eigenvalue weighted by Gasteiger charge is -2.07. The summed E-state index contributed by atoms with van der Waals surface area (Å²) in [5.41, 5.74) is 5.95. The SMILES string of the molecule is C=C(/C=C(C(C)=O)\C(O)=C/C)c1ccc(C)c(C#N)c1.CC.CCc1ccccc1CC. The molecule has 0 aromatic heterocycles. The third kappa shape index (κ3) is 8.78. The summed E-state index contributed by atoms with van der Waals surface area (Å²) in [6.07, 6.45) is 5.30. The van der Waals surface area contributed by atoms with Crippen molar-refractivity contribution in [1.82, 2.24) is 0 Å². The minimum absolute atomic E-state index is 0.0775. The van der Waals surface area contributed by atoms with E-state index in [1.54, 1.807) is 13.0 Å². The van der Waals surface area contributed by atoms with Crippen molar-refractivity contribution < 1.29 is 9.90 Å². The van der Waals surface area contributed by atoms with Crippen LogP contribution in [0.1, 0.15) is 69.4 Å². The summed E-state index contributed by atoms with van der Waals surface area (Å²) >= 11 is 0. The summed E-state index contributed by atoms with van der Waals surface area (Å²) in [7, 11) is 0. The molecule has 32 heavy (non-hydrogen) atoms. The number of rotatable bonds is 6. The first kappa shape index (κ1) is 28.6. The first-order valence-corrected chi connectivity index (χ1v) is 11.1. The molecule has 0 aliphatic heterocycles. The van der Waals surface area contributed by atoms with Crippen LogP contribution in [-0.2, 0) is 17.6 Å². The Kier molecular flexibility index (Phi) is 13.8. The van der Waals surface area contributed by atoms with E-state index in [-0.39, 0.29) is 17.1 Å². The highest BCUT2D eigenvalue weighted by Crippen LogP contribution is 2.21. The van der Waals surface area contributed by atoms with Crippen molar-refractivity contribution in [1.29, 1.82) is 5.26 Å². The van der Waals surface area contributed by atoms with Gasteiger partial charge in [0.15, 0.2) is 5.78 Å². The normalized spacial score (nSPS) is 10.7. The average Bonchev–Trinajstić information content (AvgIpc) is 2.83. The molecule has 2 rings (SSSR count). The molecule has 170 valence electrons. The smallest absolute Gasteiger partial charge is 0.163 e. The minimum Gasteiger partial charge on any atom is -0.508 e. The summed E-state index contributed by atoms with van der Waals surface area (Å²) in [4.78, 5) is 11.5. The van der Waals surface area contributed by atoms with Gasteiger partial charge >= 0.3 is 0 Å². The molecule has 0 atom stereocenters. The number of Topliss-reactive ketones (excluding diaryl/α,β-unsaturated/α-hetero) is 1. The Morgan fingerprint density at radius 1 is 1.09 bits per heavy atom. The number of nitriles is 1. The second kappa shape index (κ2) is 15.4. The molecule has 0 bridgehead atoms. The number of hydrogen-bond acceptors (Lipinski definition) is 3. The Morgan fingerprint density at radius 2 is 1.62 bits per heavy atom. The maximum atomic E-state index is 11.5. The van der Waals surface area contributed by atoms with Crippen LogP contribution in [0.2, 0.25) is 0 Å². The molecule has 0 radical (unpaired) electrons. The zero-order valence-electron chi connectivity index (χ0n) is 20.6. The Morgan fingerprint density at radius 3 is 2.03 bits per heavy atom. The van der Waals surface area contributed by atoms with Crippen molar-refractivity contribution >= 4 is 11.4 Å². The van der Waals surface area contributed by atoms with Crippen LogP contribution in [0.3, 0.4) is 0 Å². The van der Waals surface area contributed by atoms with Crippen molar-refractivity contribution in [3.63, 3.8) is 0 Å². The molecule has 3 heteroatoms. The van der Waals surface area contributed by atoms with Gasteiger partial charge in [0, 0.05) is 0 Å². The van der Waals surface area contributed by atoms with Crippen LogP contribution in [-0.4, -0.2) is 10.9 Å². The van der Waals surface area contributed by atoms with Crippen molar-refractivity contribution in [2.75, 3.05) is 0 Å². The van der Waals surface area contributed by atoms with Crippen molar-refractivity contribution in [2.45, 2.75) is 61.3 Å². The third-order valence-corrected chi connectivity index (χ3v) is 4.86. The summed E-state index contributed by atoms with van der Waals surface area (Å²) in [5.74, 6) is -0.319. The van der Waals surface area contributed by atoms with Crippen molar-refractivity contribution in [3.8, 4) is 6.07 Å². The highest BCUT2D eigenvalue weighted by atomic mass is 16.3. The van der Waals surface area contributed by atoms with Gasteiger partial charge in [0.2, 0.25) is 0 Å². The largest absolute Gasteiger partial charge is 0.508 e. The molecule has 3 nitrogen and oxygen atoms in total. The Balaban J connectivity index is 0.000000668. The second-order valence-corrected chi connectivity index (χ2v) is 6.93. The lowest BCUT2D eigenvalue weighted by molar-refractivity contribution is -0.113. The van der Waals surface area contributed by atoms with Crippen LogP contribution < -0.4 is 0 Å². The molecule has 0 amide bonds. The lowest BCUT2D eigenvalue weighted by atomic mass is 9.98. The van der Waals surface area contributed by atoms with Gasteiger partial charge in [-0.15, -0.1) is 0 Å². The number of aliphatic hydroxyl groups is 1. The zero-order valence-corrected chi connectivity index (χ0v) is 20.6. The molecule has 0 aliphatic rings. The van der Waals surface area contributed by atoms with E-state index in [2.05, 4.69) is 50.8 Å². The summed E-state index contributed by atoms with van der Waals surface area (Å²) in [6, 6.07) is 16.1. The quantitative estimate of drug-likeness (QED) is 0.290. The molecule has 1 N–H and O–H groups in total. The van der Waals surface area contributed by atoms with Gasteiger partial charge in [0.25, 0.3) is 0 Å². The molecule has 0 spiro atoms. The maximum Gasteiger partial charge on any atom is 0.163 e. The number of nitrogens with zero attached hydrogens (tertiary/aromatic N) is 1. The first-order chi connectivity index (χ1) is 15.3. The van der Waals surface area contributed by atoms with Gasteiger partial charge in [0.05, 0.1) is 17.2 Å². The van der Waals surface area contributed by atoms with E-state index in [1.165, 1.54) is 30.2 Å². The zero-order chi connectivity index (χ0) is 24.7. The number of aryl methyl sites for hydroxylation is 3. The fraction of sp³-hybridized carbons (Fsp3) is 0.310. The van der Waals surface area contributed by atoms with Crippen LogP contribution >= 0.6 is 0 Å². The monoisotopic (exact) mass is 431 g/mol. The standard InChI is InChI=1S/C17H17NO2.C10H14.C2H6/c1-5-17(20)16(13(4)19)8-12(3)14-7-6-11(2)15(9-14)10-18;1-3-9-7-5-6-8-10(9)4-2;1-2/h5-9,20H,3H2,1-2,4H3;5-8H,3-4H2,1-2H3;1-2H3/b16-8-,17-5+;;. The predicted octanol–water partition coefficient (Wildman–Crippen LogP) is 7.69. The Bertz CT molecular complexity index is 981. The van der Waals surface area contributed by atoms with Gasteiger partial charge in [-0.25, -0.2) is 0 Å². The van der Waals surface area contributed by atoms with Crippen LogP contribution in [0, 0.1) is 18.3 Å². The molecule has 0 heterocycles. The third-order valence-electron chi connectivity index (χ3n) is 4.86. The molecular formula is C29H37NO2. The van der Waals surface area contributed by atoms with E-state index in [1.807, 2.05) is 32.9 Å². The molecule has 0 unspecified atom stereocenters. The first-order valence-electron chi connectivity index (χ1n) is 11.1. The Hall–Kier alpha value is -3.38. The number of ketones is 1. The molecule has 0 fully saturated rings. The molecule has 0 saturated carbocycles. The number of carbonyl (C=O) groups is 1. The van der Waals surface area contributed by atoms with E-state index in [4.69, 9.17) is 5.26 Å². The highest BCUT2D eigenvalue weighted by molar-refractivity contribution is 5.99. The number of allylic oxidation sites excluding steroid dienone is 4. The van der Waals surface area contributed by atoms with Crippen LogP contribution in [0.15, 0.2) is 72.5 Å². The number of benzene rings is 2. The van der Waals surface area contributed by atoms with Crippen LogP contribution in [0.25, 0.3) is 5.57 Å². The van der Waals surface area contributed by atoms with E-state index >= 15 is 0 Å². The van der Waals surface area contributed by atoms with E-state index in [9.17, 15) is 9.90 Å². The van der Waals surface area contributed by atoms with Crippen molar-refractivity contribution in [2.24, 2.45) is 0 Å². The van der Waals surface area contributed by atoms with Crippen molar-refractivity contribution in [3.05, 3.63) is 100 Å². The van der Waals surface area contributed by atoms with Gasteiger partial charge in [-0.1, -0.05) is 70.7 Å². The minimum atomic E-state index is -0.241. The average molecular weight is 432 g/mol. The number of hydrogen-bond donors (Lipinski definition) is 1. The van der Waals surface area contributed by atoms with E-state index in [0.717, 1.165) is 24.0 Å². The molecule has 0 saturated heterocycles.